The van der Waals surface area contributed by atoms with Gasteiger partial charge in [-0.25, -0.2) is 0 Å². The molecule has 9 nitrogen and oxygen atoms in total. The first kappa shape index (κ1) is 17.7. The van der Waals surface area contributed by atoms with Crippen molar-refractivity contribution in [2.45, 2.75) is 36.0 Å². The molecule has 0 saturated heterocycles. The standard InChI is InChI=1S/C14H16N4O5S/c1-8(24-11-6-4-10(5-7-11)18(22)23)12(19)16-17-14(21)13(20)15-9-2-3-9/h4-9H,2-3H2,1H3,(H,15,20)(H,16,19)(H,17,21)/t8-/m1/s1. The number of thioether (sulfide) groups is 1. The maximum absolute atomic E-state index is 11.9. The molecule has 1 aromatic carbocycles. The summed E-state index contributed by atoms with van der Waals surface area (Å²) in [6.07, 6.45) is 1.71. The van der Waals surface area contributed by atoms with Crippen LogP contribution in [0.1, 0.15) is 19.8 Å². The van der Waals surface area contributed by atoms with Gasteiger partial charge in [0.25, 0.3) is 11.6 Å². The molecule has 3 amide bonds. The van der Waals surface area contributed by atoms with E-state index in [0.29, 0.717) is 4.90 Å². The van der Waals surface area contributed by atoms with Gasteiger partial charge >= 0.3 is 11.8 Å². The van der Waals surface area contributed by atoms with Gasteiger partial charge in [0.2, 0.25) is 0 Å². The first-order chi connectivity index (χ1) is 11.4. The molecule has 1 atom stereocenters. The molecule has 0 spiro atoms. The Morgan fingerprint density at radius 1 is 1.17 bits per heavy atom. The highest BCUT2D eigenvalue weighted by Gasteiger charge is 2.26. The Balaban J connectivity index is 1.77. The van der Waals surface area contributed by atoms with E-state index in [4.69, 9.17) is 0 Å². The monoisotopic (exact) mass is 352 g/mol. The fourth-order valence-corrected chi connectivity index (χ4v) is 2.53. The van der Waals surface area contributed by atoms with Crippen LogP contribution in [0.4, 0.5) is 5.69 Å². The molecule has 0 aromatic heterocycles. The highest BCUT2D eigenvalue weighted by atomic mass is 32.2. The van der Waals surface area contributed by atoms with E-state index < -0.39 is 27.9 Å². The van der Waals surface area contributed by atoms with Crippen LogP contribution in [0.2, 0.25) is 0 Å². The Hall–Kier alpha value is -2.62. The van der Waals surface area contributed by atoms with E-state index in [1.165, 1.54) is 36.0 Å². The van der Waals surface area contributed by atoms with E-state index in [2.05, 4.69) is 16.2 Å². The molecular formula is C14H16N4O5S. The van der Waals surface area contributed by atoms with Gasteiger partial charge in [0, 0.05) is 23.1 Å². The molecule has 2 rings (SSSR count). The number of rotatable bonds is 5. The maximum atomic E-state index is 11.9. The number of nitrogens with zero attached hydrogens (tertiary/aromatic N) is 1. The normalized spacial score (nSPS) is 14.4. The number of nitrogens with one attached hydrogen (secondary N) is 3. The van der Waals surface area contributed by atoms with E-state index in [1.54, 1.807) is 6.92 Å². The fourth-order valence-electron chi connectivity index (χ4n) is 1.66. The summed E-state index contributed by atoms with van der Waals surface area (Å²) < 4.78 is 0. The zero-order valence-electron chi connectivity index (χ0n) is 12.8. The topological polar surface area (TPSA) is 130 Å². The summed E-state index contributed by atoms with van der Waals surface area (Å²) in [6.45, 7) is 1.61. The lowest BCUT2D eigenvalue weighted by molar-refractivity contribution is -0.384. The van der Waals surface area contributed by atoms with E-state index in [1.807, 2.05) is 0 Å². The molecule has 10 heteroatoms. The van der Waals surface area contributed by atoms with Crippen LogP contribution in [-0.4, -0.2) is 33.9 Å². The Labute approximate surface area is 141 Å². The Morgan fingerprint density at radius 2 is 1.79 bits per heavy atom. The predicted octanol–water partition coefficient (Wildman–Crippen LogP) is 0.501. The second-order valence-electron chi connectivity index (χ2n) is 5.20. The van der Waals surface area contributed by atoms with E-state index in [-0.39, 0.29) is 11.7 Å². The molecule has 1 aromatic rings. The molecule has 1 saturated carbocycles. The van der Waals surface area contributed by atoms with Gasteiger partial charge in [-0.15, -0.1) is 11.8 Å². The van der Waals surface area contributed by atoms with Crippen molar-refractivity contribution in [2.24, 2.45) is 0 Å². The summed E-state index contributed by atoms with van der Waals surface area (Å²) in [5, 5.41) is 12.5. The lowest BCUT2D eigenvalue weighted by Crippen LogP contribution is -2.50. The highest BCUT2D eigenvalue weighted by molar-refractivity contribution is 8.00. The third kappa shape index (κ3) is 5.23. The van der Waals surface area contributed by atoms with Crippen LogP contribution < -0.4 is 16.2 Å². The average Bonchev–Trinajstić information content (AvgIpc) is 3.36. The van der Waals surface area contributed by atoms with E-state index in [9.17, 15) is 24.5 Å². The molecular weight excluding hydrogens is 336 g/mol. The van der Waals surface area contributed by atoms with E-state index in [0.717, 1.165) is 12.8 Å². The number of carbonyl (C=O) groups excluding carboxylic acids is 3. The number of benzene rings is 1. The number of amides is 3. The van der Waals surface area contributed by atoms with Gasteiger partial charge in [0.15, 0.2) is 0 Å². The van der Waals surface area contributed by atoms with Crippen LogP contribution >= 0.6 is 11.8 Å². The van der Waals surface area contributed by atoms with Crippen molar-refractivity contribution in [2.75, 3.05) is 0 Å². The van der Waals surface area contributed by atoms with Gasteiger partial charge in [0.1, 0.15) is 0 Å². The van der Waals surface area contributed by atoms with Crippen LogP contribution in [0.3, 0.4) is 0 Å². The summed E-state index contributed by atoms with van der Waals surface area (Å²) in [5.74, 6) is -2.21. The molecule has 128 valence electrons. The van der Waals surface area contributed by atoms with Crippen LogP contribution in [0.25, 0.3) is 0 Å². The molecule has 0 aliphatic heterocycles. The van der Waals surface area contributed by atoms with Crippen molar-refractivity contribution < 1.29 is 19.3 Å². The average molecular weight is 352 g/mol. The second kappa shape index (κ2) is 7.77. The zero-order valence-corrected chi connectivity index (χ0v) is 13.6. The quantitative estimate of drug-likeness (QED) is 0.306. The minimum Gasteiger partial charge on any atom is -0.345 e. The predicted molar refractivity (Wildman–Crippen MR) is 85.9 cm³/mol. The summed E-state index contributed by atoms with van der Waals surface area (Å²) in [5.41, 5.74) is 4.19. The van der Waals surface area contributed by atoms with Crippen molar-refractivity contribution in [1.29, 1.82) is 0 Å². The smallest absolute Gasteiger partial charge is 0.327 e. The minimum absolute atomic E-state index is 0.0367. The van der Waals surface area contributed by atoms with Crippen LogP contribution in [0.15, 0.2) is 29.2 Å². The van der Waals surface area contributed by atoms with Gasteiger partial charge in [-0.2, -0.15) is 0 Å². The summed E-state index contributed by atoms with van der Waals surface area (Å²) in [4.78, 5) is 45.5. The minimum atomic E-state index is -0.928. The Morgan fingerprint density at radius 3 is 2.33 bits per heavy atom. The molecule has 0 bridgehead atoms. The first-order valence-corrected chi connectivity index (χ1v) is 8.06. The summed E-state index contributed by atoms with van der Waals surface area (Å²) >= 11 is 1.17. The van der Waals surface area contributed by atoms with Crippen molar-refractivity contribution in [3.63, 3.8) is 0 Å². The maximum Gasteiger partial charge on any atom is 0.327 e. The lowest BCUT2D eigenvalue weighted by atomic mass is 10.3. The number of carbonyl (C=O) groups is 3. The van der Waals surface area contributed by atoms with Gasteiger partial charge in [-0.05, 0) is 31.9 Å². The number of nitro benzene ring substituents is 1. The number of nitro groups is 1. The van der Waals surface area contributed by atoms with Gasteiger partial charge in [0.05, 0.1) is 10.2 Å². The lowest BCUT2D eigenvalue weighted by Gasteiger charge is -2.12. The van der Waals surface area contributed by atoms with Crippen molar-refractivity contribution >= 4 is 35.2 Å². The third-order valence-electron chi connectivity index (χ3n) is 3.15. The number of non-ortho nitro benzene ring substituents is 1. The summed E-state index contributed by atoms with van der Waals surface area (Å²) in [7, 11) is 0. The Bertz CT molecular complexity index is 660. The van der Waals surface area contributed by atoms with Crippen LogP contribution in [0.5, 0.6) is 0 Å². The number of hydrogen-bond donors (Lipinski definition) is 3. The van der Waals surface area contributed by atoms with Crippen LogP contribution in [-0.2, 0) is 14.4 Å². The molecule has 0 radical (unpaired) electrons. The van der Waals surface area contributed by atoms with Crippen molar-refractivity contribution in [3.8, 4) is 0 Å². The largest absolute Gasteiger partial charge is 0.345 e. The zero-order chi connectivity index (χ0) is 17.7. The van der Waals surface area contributed by atoms with Gasteiger partial charge in [-0.1, -0.05) is 0 Å². The highest BCUT2D eigenvalue weighted by Crippen LogP contribution is 2.25. The SMILES string of the molecule is C[C@@H](Sc1ccc([N+](=O)[O-])cc1)C(=O)NNC(=O)C(=O)NC1CC1. The molecule has 1 aliphatic rings. The number of hydrazine groups is 1. The van der Waals surface area contributed by atoms with E-state index >= 15 is 0 Å². The van der Waals surface area contributed by atoms with Crippen molar-refractivity contribution in [1.82, 2.24) is 16.2 Å². The number of hydrogen-bond acceptors (Lipinski definition) is 6. The molecule has 0 heterocycles. The van der Waals surface area contributed by atoms with Gasteiger partial charge < -0.3 is 5.32 Å². The third-order valence-corrected chi connectivity index (χ3v) is 4.26. The molecule has 3 N–H and O–H groups in total. The van der Waals surface area contributed by atoms with Crippen LogP contribution in [0, 0.1) is 10.1 Å². The molecule has 1 fully saturated rings. The molecule has 0 unspecified atom stereocenters. The first-order valence-electron chi connectivity index (χ1n) is 7.18. The second-order valence-corrected chi connectivity index (χ2v) is 6.62. The summed E-state index contributed by atoms with van der Waals surface area (Å²) in [6, 6.07) is 5.81. The van der Waals surface area contributed by atoms with Gasteiger partial charge in [-0.3, -0.25) is 35.3 Å². The molecule has 24 heavy (non-hydrogen) atoms. The fraction of sp³-hybridized carbons (Fsp3) is 0.357. The van der Waals surface area contributed by atoms with Crippen molar-refractivity contribution in [3.05, 3.63) is 34.4 Å². The molecule has 1 aliphatic carbocycles. The Kier molecular flexibility index (Phi) is 5.74.